The van der Waals surface area contributed by atoms with Gasteiger partial charge in [0, 0.05) is 6.42 Å². The molecule has 10 heteroatoms. The third-order valence-corrected chi connectivity index (χ3v) is 8.93. The average molecular weight is 777 g/mol. The molecule has 0 aromatic heterocycles. The molecule has 0 fully saturated rings. The van der Waals surface area contributed by atoms with E-state index in [4.69, 9.17) is 18.5 Å². The molecule has 0 aliphatic heterocycles. The van der Waals surface area contributed by atoms with Crippen LogP contribution in [0.15, 0.2) is 85.1 Å². The Hall–Kier alpha value is -2.81. The summed E-state index contributed by atoms with van der Waals surface area (Å²) in [5, 5.41) is 0. The van der Waals surface area contributed by atoms with Gasteiger partial charge < -0.3 is 18.9 Å². The number of phosphoric acid groups is 1. The number of hydrogen-bond acceptors (Lipinski definition) is 7. The van der Waals surface area contributed by atoms with Gasteiger partial charge in [0.2, 0.25) is 0 Å². The first-order valence-electron chi connectivity index (χ1n) is 20.3. The summed E-state index contributed by atoms with van der Waals surface area (Å²) in [6, 6.07) is 0. The van der Waals surface area contributed by atoms with Gasteiger partial charge in [0.05, 0.1) is 34.2 Å². The largest absolute Gasteiger partial charge is 0.472 e. The lowest BCUT2D eigenvalue weighted by atomic mass is 10.1. The lowest BCUT2D eigenvalue weighted by molar-refractivity contribution is -0.870. The van der Waals surface area contributed by atoms with Crippen molar-refractivity contribution in [1.29, 1.82) is 0 Å². The molecule has 1 N–H and O–H groups in total. The molecule has 0 bridgehead atoms. The molecule has 9 nitrogen and oxygen atoms in total. The molecule has 0 saturated heterocycles. The van der Waals surface area contributed by atoms with E-state index in [1.165, 1.54) is 25.7 Å². The van der Waals surface area contributed by atoms with Crippen molar-refractivity contribution >= 4 is 19.8 Å². The van der Waals surface area contributed by atoms with Gasteiger partial charge in [-0.15, -0.1) is 0 Å². The van der Waals surface area contributed by atoms with Crippen LogP contribution in [0.3, 0.4) is 0 Å². The predicted molar refractivity (Wildman–Crippen MR) is 224 cm³/mol. The van der Waals surface area contributed by atoms with Crippen molar-refractivity contribution in [2.75, 3.05) is 47.5 Å². The van der Waals surface area contributed by atoms with Crippen molar-refractivity contribution < 1.29 is 42.1 Å². The average Bonchev–Trinajstić information content (AvgIpc) is 3.12. The fourth-order valence-corrected chi connectivity index (χ4v) is 5.51. The van der Waals surface area contributed by atoms with Crippen molar-refractivity contribution in [3.8, 4) is 0 Å². The molecule has 0 saturated carbocycles. The third-order valence-electron chi connectivity index (χ3n) is 7.94. The number of unbranched alkanes of at least 4 members (excludes halogenated alkanes) is 8. The lowest BCUT2D eigenvalue weighted by Crippen LogP contribution is -2.37. The van der Waals surface area contributed by atoms with E-state index in [9.17, 15) is 19.0 Å². The Bertz CT molecular complexity index is 1200. The van der Waals surface area contributed by atoms with Crippen molar-refractivity contribution in [3.63, 3.8) is 0 Å². The van der Waals surface area contributed by atoms with Gasteiger partial charge >= 0.3 is 19.8 Å². The van der Waals surface area contributed by atoms with Crippen LogP contribution < -0.4 is 0 Å². The highest BCUT2D eigenvalue weighted by Gasteiger charge is 2.26. The van der Waals surface area contributed by atoms with Gasteiger partial charge in [-0.25, -0.2) is 4.57 Å². The van der Waals surface area contributed by atoms with E-state index in [1.54, 1.807) is 6.08 Å². The Kier molecular flexibility index (Phi) is 34.0. The number of quaternary nitrogens is 1. The van der Waals surface area contributed by atoms with Crippen LogP contribution in [0, 0.1) is 0 Å². The molecule has 2 atom stereocenters. The Morgan fingerprint density at radius 3 is 1.67 bits per heavy atom. The van der Waals surface area contributed by atoms with Crippen LogP contribution in [0.4, 0.5) is 0 Å². The summed E-state index contributed by atoms with van der Waals surface area (Å²) in [6.07, 6.45) is 45.2. The number of hydrogen-bond donors (Lipinski definition) is 1. The van der Waals surface area contributed by atoms with E-state index in [-0.39, 0.29) is 26.1 Å². The molecule has 54 heavy (non-hydrogen) atoms. The minimum atomic E-state index is -4.40. The normalized spacial score (nSPS) is 14.6. The summed E-state index contributed by atoms with van der Waals surface area (Å²) < 4.78 is 34.1. The first-order valence-corrected chi connectivity index (χ1v) is 21.8. The van der Waals surface area contributed by atoms with Crippen molar-refractivity contribution in [3.05, 3.63) is 85.1 Å². The van der Waals surface area contributed by atoms with Gasteiger partial charge in [0.25, 0.3) is 0 Å². The monoisotopic (exact) mass is 777 g/mol. The number of ether oxygens (including phenoxy) is 2. The second kappa shape index (κ2) is 35.9. The SMILES string of the molecule is CC/C=C\C/C=C\C/C=C\C/C=C\C/C=C\CC(=O)OC(COC(=O)CCCCCCC/C=C\C/C=C\CCCCC)COP(=O)(O)OCC[N+](C)(C)C. The fourth-order valence-electron chi connectivity index (χ4n) is 4.76. The number of nitrogens with zero attached hydrogens (tertiary/aromatic N) is 1. The number of carbonyl (C=O) groups is 2. The highest BCUT2D eigenvalue weighted by molar-refractivity contribution is 7.47. The Balaban J connectivity index is 4.59. The van der Waals surface area contributed by atoms with Crippen molar-refractivity contribution in [2.24, 2.45) is 0 Å². The second-order valence-electron chi connectivity index (χ2n) is 14.3. The summed E-state index contributed by atoms with van der Waals surface area (Å²) >= 11 is 0. The molecule has 0 rings (SSSR count). The Labute approximate surface area is 329 Å². The van der Waals surface area contributed by atoms with E-state index in [1.807, 2.05) is 33.3 Å². The molecule has 0 aromatic carbocycles. The molecule has 0 amide bonds. The highest BCUT2D eigenvalue weighted by atomic mass is 31.2. The number of rotatable bonds is 35. The minimum Gasteiger partial charge on any atom is -0.462 e. The van der Waals surface area contributed by atoms with Crippen molar-refractivity contribution in [2.45, 2.75) is 136 Å². The topological polar surface area (TPSA) is 108 Å². The summed E-state index contributed by atoms with van der Waals surface area (Å²) in [7, 11) is 1.40. The van der Waals surface area contributed by atoms with Crippen LogP contribution in [0.5, 0.6) is 0 Å². The molecule has 0 radical (unpaired) electrons. The molecule has 2 unspecified atom stereocenters. The van der Waals surface area contributed by atoms with Gasteiger partial charge in [-0.05, 0) is 70.6 Å². The fraction of sp³-hybridized carbons (Fsp3) is 0.636. The standard InChI is InChI=1S/C44H74NO8P/c1-6-8-10-12-14-16-18-20-22-24-26-28-30-32-34-36-43(46)50-40-42(41-52-54(48,49)51-39-38-45(3,4)5)53-44(47)37-35-33-31-29-27-25-23-21-19-17-15-13-11-9-7-2/h9,11,14-17,20-23,27,29,33,35,42H,6-8,10,12-13,18-19,24-26,28,30-32,34,36-41H2,1-5H3/p+1/b11-9-,16-14-,17-15-,22-20-,23-21-,29-27-,35-33-. The Morgan fingerprint density at radius 2 is 1.11 bits per heavy atom. The van der Waals surface area contributed by atoms with Crippen molar-refractivity contribution in [1.82, 2.24) is 0 Å². The lowest BCUT2D eigenvalue weighted by Gasteiger charge is -2.24. The zero-order chi connectivity index (χ0) is 40.0. The number of phosphoric ester groups is 1. The number of esters is 2. The first kappa shape index (κ1) is 51.2. The van der Waals surface area contributed by atoms with Crippen LogP contribution >= 0.6 is 7.82 Å². The summed E-state index contributed by atoms with van der Waals surface area (Å²) in [5.74, 6) is -0.973. The first-order chi connectivity index (χ1) is 26.0. The molecule has 308 valence electrons. The maximum atomic E-state index is 12.6. The maximum absolute atomic E-state index is 12.6. The summed E-state index contributed by atoms with van der Waals surface area (Å²) in [6.45, 7) is 4.11. The number of allylic oxidation sites excluding steroid dienone is 13. The molecule has 0 aliphatic rings. The molecular weight excluding hydrogens is 701 g/mol. The van der Waals surface area contributed by atoms with Gasteiger partial charge in [0.15, 0.2) is 6.10 Å². The molecule has 0 spiro atoms. The maximum Gasteiger partial charge on any atom is 0.472 e. The highest BCUT2D eigenvalue weighted by Crippen LogP contribution is 2.43. The summed E-state index contributed by atoms with van der Waals surface area (Å²) in [5.41, 5.74) is 0. The van der Waals surface area contributed by atoms with Crippen LogP contribution in [-0.4, -0.2) is 74.9 Å². The molecule has 0 aromatic rings. The zero-order valence-corrected chi connectivity index (χ0v) is 35.3. The van der Waals surface area contributed by atoms with Crippen LogP contribution in [-0.2, 0) is 32.7 Å². The van der Waals surface area contributed by atoms with Gasteiger partial charge in [-0.3, -0.25) is 18.6 Å². The summed E-state index contributed by atoms with van der Waals surface area (Å²) in [4.78, 5) is 35.2. The van der Waals surface area contributed by atoms with Crippen LogP contribution in [0.1, 0.15) is 129 Å². The van der Waals surface area contributed by atoms with Gasteiger partial charge in [-0.2, -0.15) is 0 Å². The van der Waals surface area contributed by atoms with Gasteiger partial charge in [-0.1, -0.05) is 131 Å². The number of likely N-dealkylation sites (N-methyl/N-ethyl adjacent to an activating group) is 1. The minimum absolute atomic E-state index is 0.000713. The smallest absolute Gasteiger partial charge is 0.462 e. The second-order valence-corrected chi connectivity index (χ2v) is 15.8. The van der Waals surface area contributed by atoms with E-state index in [2.05, 4.69) is 80.7 Å². The van der Waals surface area contributed by atoms with E-state index >= 15 is 0 Å². The molecular formula is C44H75NO8P+. The molecule has 0 heterocycles. The zero-order valence-electron chi connectivity index (χ0n) is 34.4. The van der Waals surface area contributed by atoms with E-state index in [0.717, 1.165) is 64.2 Å². The number of carbonyl (C=O) groups excluding carboxylic acids is 2. The van der Waals surface area contributed by atoms with Crippen LogP contribution in [0.25, 0.3) is 0 Å². The van der Waals surface area contributed by atoms with Crippen LogP contribution in [0.2, 0.25) is 0 Å². The van der Waals surface area contributed by atoms with Gasteiger partial charge in [0.1, 0.15) is 19.8 Å². The quantitative estimate of drug-likeness (QED) is 0.0223. The third kappa shape index (κ3) is 38.9. The van der Waals surface area contributed by atoms with E-state index in [0.29, 0.717) is 23.9 Å². The van der Waals surface area contributed by atoms with E-state index < -0.39 is 32.5 Å². The predicted octanol–water partition coefficient (Wildman–Crippen LogP) is 11.2. The molecule has 0 aliphatic carbocycles. The Morgan fingerprint density at radius 1 is 0.611 bits per heavy atom.